The first-order valence-electron chi connectivity index (χ1n) is 19.1. The van der Waals surface area contributed by atoms with Gasteiger partial charge in [0.25, 0.3) is 0 Å². The van der Waals surface area contributed by atoms with Gasteiger partial charge in [0, 0.05) is 138 Å². The minimum Gasteiger partial charge on any atom is -0.389 e. The van der Waals surface area contributed by atoms with E-state index in [1.165, 1.54) is 0 Å². The zero-order valence-electron chi connectivity index (χ0n) is 33.1. The Morgan fingerprint density at radius 3 is 1.76 bits per heavy atom. The minimum absolute atomic E-state index is 0.315. The molecule has 0 heterocycles. The fourth-order valence-corrected chi connectivity index (χ4v) is 5.15. The molecule has 0 amide bonds. The fourth-order valence-electron chi connectivity index (χ4n) is 5.15. The third-order valence-corrected chi connectivity index (χ3v) is 8.10. The predicted octanol–water partition coefficient (Wildman–Crippen LogP) is -2.02. The Morgan fingerprint density at radius 2 is 1.20 bits per heavy atom. The average Bonchev–Trinajstić information content (AvgIpc) is 3.06. The van der Waals surface area contributed by atoms with Crippen molar-refractivity contribution in [3.63, 3.8) is 0 Å². The maximum absolute atomic E-state index is 10.4. The molecule has 0 aliphatic rings. The standard InChI is InChI=1S/C32H79N13O2.C2H6/c1-6-7-26-47-28-30(46)27-41-32(4,5)45(18-11-36)21-14-38-13-19-44(29-39-12-8-33)25-24-43(20-15-40-31(2,3)37)23-22-42(16-9-34)17-10-35;1-2/h30,38-41,46H,6-29,33-37H2,1-5H3;1-2H3. The van der Waals surface area contributed by atoms with Crippen molar-refractivity contribution in [1.82, 2.24) is 40.9 Å². The summed E-state index contributed by atoms with van der Waals surface area (Å²) in [5, 5.41) is 24.4. The van der Waals surface area contributed by atoms with Gasteiger partial charge in [-0.25, -0.2) is 0 Å². The van der Waals surface area contributed by atoms with Crippen molar-refractivity contribution in [3.05, 3.63) is 0 Å². The Bertz CT molecular complexity index is 683. The number of aliphatic hydroxyl groups is 1. The lowest BCUT2D eigenvalue weighted by Gasteiger charge is -2.40. The number of aliphatic hydroxyl groups excluding tert-OH is 1. The number of ether oxygens (including phenoxy) is 1. The van der Waals surface area contributed by atoms with Crippen molar-refractivity contribution in [3.8, 4) is 0 Å². The van der Waals surface area contributed by atoms with Crippen LogP contribution in [-0.2, 0) is 4.74 Å². The molecule has 0 rings (SSSR count). The smallest absolute Gasteiger partial charge is 0.0898 e. The van der Waals surface area contributed by atoms with E-state index >= 15 is 0 Å². The monoisotopic (exact) mass is 708 g/mol. The van der Waals surface area contributed by atoms with Crippen molar-refractivity contribution in [2.45, 2.75) is 78.7 Å². The maximum atomic E-state index is 10.4. The van der Waals surface area contributed by atoms with Crippen LogP contribution >= 0.6 is 0 Å². The van der Waals surface area contributed by atoms with Crippen LogP contribution in [0, 0.1) is 0 Å². The average molecular weight is 708 g/mol. The van der Waals surface area contributed by atoms with E-state index in [1.54, 1.807) is 0 Å². The molecule has 0 aromatic rings. The minimum atomic E-state index is -0.543. The lowest BCUT2D eigenvalue weighted by Crippen LogP contribution is -2.59. The number of hydrogen-bond acceptors (Lipinski definition) is 15. The van der Waals surface area contributed by atoms with Crippen LogP contribution in [0.1, 0.15) is 61.3 Å². The third-order valence-electron chi connectivity index (χ3n) is 8.10. The summed E-state index contributed by atoms with van der Waals surface area (Å²) >= 11 is 0. The second-order valence-corrected chi connectivity index (χ2v) is 13.5. The van der Waals surface area contributed by atoms with E-state index < -0.39 is 11.8 Å². The van der Waals surface area contributed by atoms with Gasteiger partial charge in [-0.2, -0.15) is 0 Å². The Morgan fingerprint density at radius 1 is 0.653 bits per heavy atom. The first-order valence-corrected chi connectivity index (χ1v) is 19.1. The molecule has 0 aromatic heterocycles. The second-order valence-electron chi connectivity index (χ2n) is 13.5. The highest BCUT2D eigenvalue weighted by Gasteiger charge is 2.26. The van der Waals surface area contributed by atoms with E-state index in [4.69, 9.17) is 33.4 Å². The number of rotatable bonds is 35. The van der Waals surface area contributed by atoms with Gasteiger partial charge in [0.1, 0.15) is 0 Å². The predicted molar refractivity (Wildman–Crippen MR) is 209 cm³/mol. The van der Waals surface area contributed by atoms with Crippen LogP contribution in [0.4, 0.5) is 0 Å². The Hall–Kier alpha value is -0.600. The largest absolute Gasteiger partial charge is 0.389 e. The molecule has 15 nitrogen and oxygen atoms in total. The molecule has 0 radical (unpaired) electrons. The maximum Gasteiger partial charge on any atom is 0.0898 e. The van der Waals surface area contributed by atoms with Crippen molar-refractivity contribution < 1.29 is 9.84 Å². The molecule has 0 fully saturated rings. The number of nitrogens with zero attached hydrogens (tertiary/aromatic N) is 4. The SMILES string of the molecule is CC.CCCCOCC(O)CNC(C)(C)N(CCN)CCNCCN(CCN(CCNC(C)(C)N)CCN(CCN)CCN)CNCCN. The van der Waals surface area contributed by atoms with Gasteiger partial charge >= 0.3 is 0 Å². The first kappa shape index (κ1) is 50.5. The Kier molecular flexibility index (Phi) is 34.3. The molecule has 0 aromatic carbocycles. The highest BCUT2D eigenvalue weighted by atomic mass is 16.5. The van der Waals surface area contributed by atoms with Gasteiger partial charge in [0.15, 0.2) is 0 Å². The van der Waals surface area contributed by atoms with Gasteiger partial charge in [0.2, 0.25) is 0 Å². The van der Waals surface area contributed by atoms with Crippen molar-refractivity contribution in [2.24, 2.45) is 28.7 Å². The van der Waals surface area contributed by atoms with E-state index in [0.717, 1.165) is 111 Å². The van der Waals surface area contributed by atoms with E-state index in [0.29, 0.717) is 45.9 Å². The van der Waals surface area contributed by atoms with Crippen molar-refractivity contribution in [2.75, 3.05) is 144 Å². The summed E-state index contributed by atoms with van der Waals surface area (Å²) in [5.74, 6) is 0. The van der Waals surface area contributed by atoms with Crippen LogP contribution in [0.3, 0.4) is 0 Å². The van der Waals surface area contributed by atoms with Gasteiger partial charge in [-0.15, -0.1) is 0 Å². The van der Waals surface area contributed by atoms with Crippen LogP contribution in [0.5, 0.6) is 0 Å². The highest BCUT2D eigenvalue weighted by molar-refractivity contribution is 4.81. The molecule has 0 bridgehead atoms. The molecule has 0 spiro atoms. The molecule has 0 saturated carbocycles. The van der Waals surface area contributed by atoms with Gasteiger partial charge in [-0.05, 0) is 34.1 Å². The molecule has 49 heavy (non-hydrogen) atoms. The van der Waals surface area contributed by atoms with Crippen LogP contribution in [0.25, 0.3) is 0 Å². The summed E-state index contributed by atoms with van der Waals surface area (Å²) in [6.45, 7) is 31.3. The number of unbranched alkanes of at least 4 members (excludes halogenated alkanes) is 1. The summed E-state index contributed by atoms with van der Waals surface area (Å²) < 4.78 is 5.58. The topological polar surface area (TPSA) is 221 Å². The summed E-state index contributed by atoms with van der Waals surface area (Å²) in [5.41, 5.74) is 28.9. The summed E-state index contributed by atoms with van der Waals surface area (Å²) in [6, 6.07) is 0. The molecule has 0 saturated heterocycles. The first-order chi connectivity index (χ1) is 23.4. The molecule has 1 unspecified atom stereocenters. The van der Waals surface area contributed by atoms with Gasteiger partial charge in [-0.1, -0.05) is 27.2 Å². The van der Waals surface area contributed by atoms with Crippen LogP contribution in [0.2, 0.25) is 0 Å². The van der Waals surface area contributed by atoms with Crippen LogP contribution in [-0.4, -0.2) is 186 Å². The normalized spacial score (nSPS) is 13.2. The Balaban J connectivity index is 0. The zero-order chi connectivity index (χ0) is 37.4. The molecule has 0 aliphatic heterocycles. The van der Waals surface area contributed by atoms with Crippen LogP contribution in [0.15, 0.2) is 0 Å². The summed E-state index contributed by atoms with van der Waals surface area (Å²) in [7, 11) is 0. The summed E-state index contributed by atoms with van der Waals surface area (Å²) in [4.78, 5) is 9.61. The quantitative estimate of drug-likeness (QED) is 0.0254. The van der Waals surface area contributed by atoms with Crippen molar-refractivity contribution >= 4 is 0 Å². The molecular weight excluding hydrogens is 622 g/mol. The second kappa shape index (κ2) is 33.3. The zero-order valence-corrected chi connectivity index (χ0v) is 33.1. The lowest BCUT2D eigenvalue weighted by atomic mass is 10.1. The van der Waals surface area contributed by atoms with E-state index in [-0.39, 0.29) is 5.66 Å². The number of nitrogens with two attached hydrogens (primary N) is 5. The van der Waals surface area contributed by atoms with Crippen LogP contribution < -0.4 is 49.9 Å². The molecule has 1 atom stereocenters. The van der Waals surface area contributed by atoms with Gasteiger partial charge in [0.05, 0.1) is 24.0 Å². The number of nitrogens with one attached hydrogen (secondary N) is 4. The van der Waals surface area contributed by atoms with Crippen molar-refractivity contribution in [1.29, 1.82) is 0 Å². The molecule has 15 heteroatoms. The molecular formula is C34H85N13O2. The van der Waals surface area contributed by atoms with Gasteiger partial charge in [-0.3, -0.25) is 30.2 Å². The number of hydrogen-bond donors (Lipinski definition) is 10. The summed E-state index contributed by atoms with van der Waals surface area (Å²) in [6.07, 6.45) is 1.56. The fraction of sp³-hybridized carbons (Fsp3) is 1.00. The highest BCUT2D eigenvalue weighted by Crippen LogP contribution is 2.10. The third kappa shape index (κ3) is 30.7. The molecule has 298 valence electrons. The van der Waals surface area contributed by atoms with E-state index in [2.05, 4.69) is 61.6 Å². The molecule has 0 aliphatic carbocycles. The molecule has 15 N–H and O–H groups in total. The van der Waals surface area contributed by atoms with E-state index in [9.17, 15) is 5.11 Å². The Labute approximate surface area is 302 Å². The van der Waals surface area contributed by atoms with E-state index in [1.807, 2.05) is 27.7 Å². The van der Waals surface area contributed by atoms with Gasteiger partial charge < -0.3 is 49.1 Å². The lowest BCUT2D eigenvalue weighted by molar-refractivity contribution is 0.0184.